The highest BCUT2D eigenvalue weighted by Gasteiger charge is 2.14. The SMILES string of the molecule is COC(=O)c1ccc(C2=CC(=O)OC2)cc1. The summed E-state index contributed by atoms with van der Waals surface area (Å²) in [6.45, 7) is 0.288. The van der Waals surface area contributed by atoms with Gasteiger partial charge in [0, 0.05) is 11.6 Å². The Hall–Kier alpha value is -2.10. The molecule has 1 heterocycles. The van der Waals surface area contributed by atoms with Crippen molar-refractivity contribution in [3.63, 3.8) is 0 Å². The first kappa shape index (κ1) is 10.4. The molecule has 0 bridgehead atoms. The number of hydrogen-bond donors (Lipinski definition) is 0. The number of hydrogen-bond acceptors (Lipinski definition) is 4. The maximum Gasteiger partial charge on any atom is 0.337 e. The van der Waals surface area contributed by atoms with Gasteiger partial charge in [-0.1, -0.05) is 12.1 Å². The second-order valence-electron chi connectivity index (χ2n) is 3.35. The molecular weight excluding hydrogens is 208 g/mol. The molecule has 0 aromatic heterocycles. The van der Waals surface area contributed by atoms with Crippen molar-refractivity contribution >= 4 is 17.5 Å². The van der Waals surface area contributed by atoms with Crippen molar-refractivity contribution in [2.45, 2.75) is 0 Å². The summed E-state index contributed by atoms with van der Waals surface area (Å²) in [7, 11) is 1.34. The molecule has 1 aromatic carbocycles. The van der Waals surface area contributed by atoms with Gasteiger partial charge in [-0.3, -0.25) is 0 Å². The summed E-state index contributed by atoms with van der Waals surface area (Å²) in [6.07, 6.45) is 1.45. The van der Waals surface area contributed by atoms with Gasteiger partial charge >= 0.3 is 11.9 Å². The molecule has 4 nitrogen and oxygen atoms in total. The van der Waals surface area contributed by atoms with Gasteiger partial charge in [-0.15, -0.1) is 0 Å². The maximum absolute atomic E-state index is 11.2. The van der Waals surface area contributed by atoms with Gasteiger partial charge in [-0.25, -0.2) is 9.59 Å². The van der Waals surface area contributed by atoms with Gasteiger partial charge in [-0.05, 0) is 17.7 Å². The zero-order valence-electron chi connectivity index (χ0n) is 8.73. The molecule has 0 spiro atoms. The van der Waals surface area contributed by atoms with Gasteiger partial charge < -0.3 is 9.47 Å². The van der Waals surface area contributed by atoms with E-state index in [2.05, 4.69) is 4.74 Å². The average Bonchev–Trinajstić information content (AvgIpc) is 2.75. The van der Waals surface area contributed by atoms with Gasteiger partial charge in [0.1, 0.15) is 6.61 Å². The van der Waals surface area contributed by atoms with Crippen LogP contribution >= 0.6 is 0 Å². The fourth-order valence-electron chi connectivity index (χ4n) is 1.48. The normalized spacial score (nSPS) is 14.3. The minimum atomic E-state index is -0.376. The Morgan fingerprint density at radius 2 is 2.00 bits per heavy atom. The average molecular weight is 218 g/mol. The number of carbonyl (C=O) groups is 2. The monoisotopic (exact) mass is 218 g/mol. The molecule has 82 valence electrons. The van der Waals surface area contributed by atoms with E-state index in [1.165, 1.54) is 13.2 Å². The summed E-state index contributed by atoms with van der Waals surface area (Å²) in [4.78, 5) is 22.1. The van der Waals surface area contributed by atoms with Crippen LogP contribution in [0.2, 0.25) is 0 Å². The van der Waals surface area contributed by atoms with Crippen molar-refractivity contribution in [1.29, 1.82) is 0 Å². The maximum atomic E-state index is 11.2. The lowest BCUT2D eigenvalue weighted by Gasteiger charge is -2.02. The molecule has 1 aliphatic rings. The van der Waals surface area contributed by atoms with Crippen LogP contribution in [0.3, 0.4) is 0 Å². The Bertz CT molecular complexity index is 456. The van der Waals surface area contributed by atoms with Crippen molar-refractivity contribution < 1.29 is 19.1 Å². The lowest BCUT2D eigenvalue weighted by Crippen LogP contribution is -2.00. The molecule has 1 aliphatic heterocycles. The van der Waals surface area contributed by atoms with E-state index >= 15 is 0 Å². The molecule has 0 N–H and O–H groups in total. The molecule has 0 saturated carbocycles. The highest BCUT2D eigenvalue weighted by Crippen LogP contribution is 2.20. The van der Waals surface area contributed by atoms with Crippen molar-refractivity contribution in [3.05, 3.63) is 41.5 Å². The Balaban J connectivity index is 2.23. The van der Waals surface area contributed by atoms with Crippen LogP contribution in [0.1, 0.15) is 15.9 Å². The highest BCUT2D eigenvalue weighted by atomic mass is 16.5. The Kier molecular flexibility index (Phi) is 2.72. The topological polar surface area (TPSA) is 52.6 Å². The lowest BCUT2D eigenvalue weighted by molar-refractivity contribution is -0.134. The van der Waals surface area contributed by atoms with Gasteiger partial charge in [-0.2, -0.15) is 0 Å². The minimum absolute atomic E-state index is 0.288. The summed E-state index contributed by atoms with van der Waals surface area (Å²) in [5, 5.41) is 0. The first-order valence-electron chi connectivity index (χ1n) is 4.77. The molecule has 16 heavy (non-hydrogen) atoms. The third kappa shape index (κ3) is 1.95. The molecular formula is C12H10O4. The van der Waals surface area contributed by atoms with Crippen LogP contribution in [0.25, 0.3) is 5.57 Å². The van der Waals surface area contributed by atoms with E-state index in [1.807, 2.05) is 0 Å². The fraction of sp³-hybridized carbons (Fsp3) is 0.167. The van der Waals surface area contributed by atoms with Crippen LogP contribution < -0.4 is 0 Å². The van der Waals surface area contributed by atoms with Crippen LogP contribution in [-0.2, 0) is 14.3 Å². The van der Waals surface area contributed by atoms with E-state index in [0.717, 1.165) is 11.1 Å². The molecule has 0 radical (unpaired) electrons. The molecule has 0 atom stereocenters. The van der Waals surface area contributed by atoms with Crippen LogP contribution in [0.5, 0.6) is 0 Å². The number of esters is 2. The largest absolute Gasteiger partial charge is 0.465 e. The molecule has 1 aromatic rings. The number of methoxy groups -OCH3 is 1. The Morgan fingerprint density at radius 3 is 2.50 bits per heavy atom. The number of cyclic esters (lactones) is 1. The standard InChI is InChI=1S/C12H10O4/c1-15-12(14)9-4-2-8(3-5-9)10-6-11(13)16-7-10/h2-6H,7H2,1H3. The van der Waals surface area contributed by atoms with Crippen molar-refractivity contribution in [1.82, 2.24) is 0 Å². The smallest absolute Gasteiger partial charge is 0.337 e. The Morgan fingerprint density at radius 1 is 1.31 bits per heavy atom. The van der Waals surface area contributed by atoms with E-state index < -0.39 is 0 Å². The van der Waals surface area contributed by atoms with Crippen molar-refractivity contribution in [2.75, 3.05) is 13.7 Å². The molecule has 2 rings (SSSR count). The first-order chi connectivity index (χ1) is 7.70. The van der Waals surface area contributed by atoms with Gasteiger partial charge in [0.05, 0.1) is 12.7 Å². The van der Waals surface area contributed by atoms with Crippen LogP contribution in [0, 0.1) is 0 Å². The Labute approximate surface area is 92.5 Å². The van der Waals surface area contributed by atoms with Crippen LogP contribution in [0.15, 0.2) is 30.3 Å². The summed E-state index contributed by atoms with van der Waals surface area (Å²) >= 11 is 0. The third-order valence-electron chi connectivity index (χ3n) is 2.34. The third-order valence-corrected chi connectivity index (χ3v) is 2.34. The van der Waals surface area contributed by atoms with E-state index in [4.69, 9.17) is 4.74 Å². The van der Waals surface area contributed by atoms with E-state index in [1.54, 1.807) is 24.3 Å². The van der Waals surface area contributed by atoms with E-state index in [9.17, 15) is 9.59 Å². The van der Waals surface area contributed by atoms with Gasteiger partial charge in [0.15, 0.2) is 0 Å². The number of rotatable bonds is 2. The highest BCUT2D eigenvalue weighted by molar-refractivity contribution is 5.96. The predicted molar refractivity (Wildman–Crippen MR) is 56.7 cm³/mol. The van der Waals surface area contributed by atoms with Crippen molar-refractivity contribution in [3.8, 4) is 0 Å². The van der Waals surface area contributed by atoms with Gasteiger partial charge in [0.2, 0.25) is 0 Å². The fourth-order valence-corrected chi connectivity index (χ4v) is 1.48. The number of benzene rings is 1. The summed E-state index contributed by atoms with van der Waals surface area (Å²) in [6, 6.07) is 6.84. The summed E-state index contributed by atoms with van der Waals surface area (Å²) in [5.41, 5.74) is 2.18. The lowest BCUT2D eigenvalue weighted by atomic mass is 10.1. The molecule has 0 unspecified atom stereocenters. The second kappa shape index (κ2) is 4.18. The molecule has 0 saturated heterocycles. The van der Waals surface area contributed by atoms with Crippen molar-refractivity contribution in [2.24, 2.45) is 0 Å². The zero-order chi connectivity index (χ0) is 11.5. The molecule has 0 aliphatic carbocycles. The summed E-state index contributed by atoms with van der Waals surface area (Å²) < 4.78 is 9.38. The quantitative estimate of drug-likeness (QED) is 0.704. The molecule has 0 fully saturated rings. The van der Waals surface area contributed by atoms with Crippen LogP contribution in [0.4, 0.5) is 0 Å². The first-order valence-corrected chi connectivity index (χ1v) is 4.77. The van der Waals surface area contributed by atoms with E-state index in [0.29, 0.717) is 5.56 Å². The van der Waals surface area contributed by atoms with E-state index in [-0.39, 0.29) is 18.5 Å². The second-order valence-corrected chi connectivity index (χ2v) is 3.35. The van der Waals surface area contributed by atoms with Crippen LogP contribution in [-0.4, -0.2) is 25.7 Å². The molecule has 4 heteroatoms. The number of carbonyl (C=O) groups excluding carboxylic acids is 2. The zero-order valence-corrected chi connectivity index (χ0v) is 8.73. The van der Waals surface area contributed by atoms with Gasteiger partial charge in [0.25, 0.3) is 0 Å². The number of ether oxygens (including phenoxy) is 2. The minimum Gasteiger partial charge on any atom is -0.465 e. The summed E-state index contributed by atoms with van der Waals surface area (Å²) in [5.74, 6) is -0.702. The molecule has 0 amide bonds. The predicted octanol–water partition coefficient (Wildman–Crippen LogP) is 1.41.